The molecule has 0 spiro atoms. The number of fused-ring (bicyclic) bond motifs is 5. The van der Waals surface area contributed by atoms with Gasteiger partial charge in [0, 0.05) is 28.5 Å². The molecule has 0 saturated carbocycles. The van der Waals surface area contributed by atoms with E-state index < -0.39 is 40.1 Å². The molecule has 8 heteroatoms. The van der Waals surface area contributed by atoms with Gasteiger partial charge in [0.25, 0.3) is 0 Å². The molecule has 41 heavy (non-hydrogen) atoms. The van der Waals surface area contributed by atoms with Gasteiger partial charge in [-0.3, -0.25) is 0 Å². The van der Waals surface area contributed by atoms with E-state index in [-0.39, 0.29) is 5.58 Å². The third-order valence-corrected chi connectivity index (χ3v) is 7.88. The first-order valence-corrected chi connectivity index (χ1v) is 13.5. The van der Waals surface area contributed by atoms with E-state index in [1.165, 1.54) is 12.1 Å². The fourth-order valence-corrected chi connectivity index (χ4v) is 5.53. The summed E-state index contributed by atoms with van der Waals surface area (Å²) in [5.74, 6) is 1.26. The molecule has 2 atom stereocenters. The zero-order chi connectivity index (χ0) is 29.5. The number of rotatable bonds is 4. The predicted octanol–water partition coefficient (Wildman–Crippen LogP) is 6.20. The molecule has 212 valence electrons. The van der Waals surface area contributed by atoms with Gasteiger partial charge in [0.2, 0.25) is 0 Å². The van der Waals surface area contributed by atoms with Crippen molar-refractivity contribution in [3.05, 3.63) is 92.7 Å². The molecule has 0 bridgehead atoms. The number of ether oxygens (including phenoxy) is 3. The molecule has 0 saturated heterocycles. The van der Waals surface area contributed by atoms with Crippen molar-refractivity contribution in [2.45, 2.75) is 70.4 Å². The summed E-state index contributed by atoms with van der Waals surface area (Å²) in [6.45, 7) is 15.3. The lowest BCUT2D eigenvalue weighted by Crippen LogP contribution is -2.50. The van der Waals surface area contributed by atoms with Crippen molar-refractivity contribution in [3.63, 3.8) is 0 Å². The number of allylic oxidation sites excluding steroid dienone is 1. The molecule has 0 aliphatic carbocycles. The van der Waals surface area contributed by atoms with Crippen molar-refractivity contribution in [1.82, 2.24) is 0 Å². The average molecular weight is 557 g/mol. The van der Waals surface area contributed by atoms with E-state index in [1.807, 2.05) is 39.8 Å². The van der Waals surface area contributed by atoms with Crippen LogP contribution in [0.15, 0.2) is 73.6 Å². The minimum atomic E-state index is -1.18. The zero-order valence-corrected chi connectivity index (χ0v) is 23.9. The average Bonchev–Trinajstić information content (AvgIpc) is 2.89. The third-order valence-electron chi connectivity index (χ3n) is 7.88. The minimum absolute atomic E-state index is 0.261. The Balaban J connectivity index is 1.69. The molecule has 2 aliphatic heterocycles. The second kappa shape index (κ2) is 8.85. The summed E-state index contributed by atoms with van der Waals surface area (Å²) >= 11 is 0. The van der Waals surface area contributed by atoms with Crippen LogP contribution < -0.4 is 25.5 Å². The van der Waals surface area contributed by atoms with Crippen LogP contribution in [0.25, 0.3) is 28.0 Å². The molecule has 2 aromatic carbocycles. The highest BCUT2D eigenvalue weighted by atomic mass is 16.5. The van der Waals surface area contributed by atoms with Crippen LogP contribution >= 0.6 is 0 Å². The monoisotopic (exact) mass is 556 g/mol. The van der Waals surface area contributed by atoms with E-state index in [0.29, 0.717) is 50.3 Å². The Morgan fingerprint density at radius 2 is 1.61 bits per heavy atom. The first-order valence-electron chi connectivity index (χ1n) is 13.5. The predicted molar refractivity (Wildman–Crippen MR) is 156 cm³/mol. The highest BCUT2D eigenvalue weighted by molar-refractivity contribution is 5.95. The molecular formula is C33H32O8. The molecule has 0 radical (unpaired) electrons. The molecular weight excluding hydrogens is 524 g/mol. The molecule has 8 nitrogen and oxygen atoms in total. The Hall–Kier alpha value is -4.30. The maximum absolute atomic E-state index is 12.5. The number of hydrogen-bond donors (Lipinski definition) is 1. The van der Waals surface area contributed by atoms with E-state index in [9.17, 15) is 14.7 Å². The summed E-state index contributed by atoms with van der Waals surface area (Å²) < 4.78 is 30.9. The summed E-state index contributed by atoms with van der Waals surface area (Å²) in [7, 11) is 0. The number of benzene rings is 2. The van der Waals surface area contributed by atoms with Crippen molar-refractivity contribution in [1.29, 1.82) is 0 Å². The maximum atomic E-state index is 12.5. The zero-order valence-electron chi connectivity index (χ0n) is 23.9. The highest BCUT2D eigenvalue weighted by Gasteiger charge is 2.47. The minimum Gasteiger partial charge on any atom is -0.484 e. The number of aliphatic hydroxyl groups is 1. The van der Waals surface area contributed by atoms with Crippen LogP contribution in [0.2, 0.25) is 0 Å². The summed E-state index contributed by atoms with van der Waals surface area (Å²) in [6.07, 6.45) is 3.41. The van der Waals surface area contributed by atoms with Crippen LogP contribution in [0.4, 0.5) is 0 Å². The molecule has 0 amide bonds. The molecule has 0 fully saturated rings. The first-order chi connectivity index (χ1) is 19.2. The summed E-state index contributed by atoms with van der Waals surface area (Å²) in [4.78, 5) is 24.8. The van der Waals surface area contributed by atoms with Crippen molar-refractivity contribution in [2.24, 2.45) is 0 Å². The van der Waals surface area contributed by atoms with Crippen molar-refractivity contribution in [3.8, 4) is 17.2 Å². The van der Waals surface area contributed by atoms with Gasteiger partial charge in [0.15, 0.2) is 6.10 Å². The largest absolute Gasteiger partial charge is 0.484 e. The number of aliphatic hydroxyl groups excluding tert-OH is 1. The molecule has 2 aliphatic rings. The van der Waals surface area contributed by atoms with Gasteiger partial charge in [-0.05, 0) is 64.1 Å². The molecule has 2 aromatic heterocycles. The Bertz CT molecular complexity index is 1890. The Kier molecular flexibility index (Phi) is 5.81. The summed E-state index contributed by atoms with van der Waals surface area (Å²) in [6, 6.07) is 9.53. The smallest absolute Gasteiger partial charge is 0.336 e. The molecule has 1 N–H and O–H groups in total. The highest BCUT2D eigenvalue weighted by Crippen LogP contribution is 2.52. The van der Waals surface area contributed by atoms with Crippen LogP contribution in [0.5, 0.6) is 17.2 Å². The van der Waals surface area contributed by atoms with E-state index in [4.69, 9.17) is 23.0 Å². The fourth-order valence-electron chi connectivity index (χ4n) is 5.53. The van der Waals surface area contributed by atoms with Gasteiger partial charge in [0.1, 0.15) is 45.7 Å². The Labute approximate surface area is 236 Å². The van der Waals surface area contributed by atoms with E-state index >= 15 is 0 Å². The molecule has 6 rings (SSSR count). The van der Waals surface area contributed by atoms with Crippen LogP contribution in [0.3, 0.4) is 0 Å². The standard InChI is InChI=1S/C33H32O8/c1-8-31(2,3)24-27-18(11-14-22(35)38-27)26(19-15-16-32(4,5)41-28(19)24)39-29-23-20(40-33(6,7)30(29)36)12-9-17-10-13-21(34)37-25(17)23/h8-16,29-30,36H,1H2,2-7H3/t29-,30-/m1/s1. The summed E-state index contributed by atoms with van der Waals surface area (Å²) in [5, 5.41) is 12.8. The summed E-state index contributed by atoms with van der Waals surface area (Å²) in [5.41, 5.74) is -1.19. The van der Waals surface area contributed by atoms with Gasteiger partial charge in [-0.25, -0.2) is 9.59 Å². The lowest BCUT2D eigenvalue weighted by Gasteiger charge is -2.42. The van der Waals surface area contributed by atoms with Crippen molar-refractivity contribution < 1.29 is 28.2 Å². The van der Waals surface area contributed by atoms with Crippen LogP contribution in [-0.4, -0.2) is 22.4 Å². The normalized spacial score (nSPS) is 20.6. The third kappa shape index (κ3) is 4.25. The van der Waals surface area contributed by atoms with Gasteiger partial charge < -0.3 is 28.2 Å². The van der Waals surface area contributed by atoms with Gasteiger partial charge in [0.05, 0.1) is 16.5 Å². The van der Waals surface area contributed by atoms with E-state index in [2.05, 4.69) is 6.58 Å². The Morgan fingerprint density at radius 1 is 0.951 bits per heavy atom. The van der Waals surface area contributed by atoms with Crippen molar-refractivity contribution in [2.75, 3.05) is 0 Å². The van der Waals surface area contributed by atoms with Gasteiger partial charge in [-0.15, -0.1) is 6.58 Å². The molecule has 0 unspecified atom stereocenters. The van der Waals surface area contributed by atoms with Crippen LogP contribution in [0, 0.1) is 0 Å². The quantitative estimate of drug-likeness (QED) is 0.234. The second-order valence-corrected chi connectivity index (χ2v) is 12.2. The topological polar surface area (TPSA) is 108 Å². The fraction of sp³-hybridized carbons (Fsp3) is 0.333. The maximum Gasteiger partial charge on any atom is 0.336 e. The number of hydrogen-bond acceptors (Lipinski definition) is 8. The lowest BCUT2D eigenvalue weighted by atomic mass is 9.80. The van der Waals surface area contributed by atoms with Crippen LogP contribution in [0.1, 0.15) is 64.3 Å². The van der Waals surface area contributed by atoms with Gasteiger partial charge >= 0.3 is 11.3 Å². The van der Waals surface area contributed by atoms with Gasteiger partial charge in [-0.1, -0.05) is 19.9 Å². The molecule has 4 aromatic rings. The van der Waals surface area contributed by atoms with Gasteiger partial charge in [-0.2, -0.15) is 0 Å². The van der Waals surface area contributed by atoms with Crippen molar-refractivity contribution >= 4 is 28.0 Å². The Morgan fingerprint density at radius 3 is 2.32 bits per heavy atom. The molecule has 4 heterocycles. The second-order valence-electron chi connectivity index (χ2n) is 12.2. The first kappa shape index (κ1) is 26.9. The lowest BCUT2D eigenvalue weighted by molar-refractivity contribution is -0.102. The SMILES string of the molecule is C=CC(C)(C)c1c2c(c(O[C@@H]3c4c(ccc5ccc(=O)oc45)OC(C)(C)[C@@H]3O)c3ccc(=O)oc13)C=CC(C)(C)O2. The van der Waals surface area contributed by atoms with E-state index in [0.717, 1.165) is 0 Å². The van der Waals surface area contributed by atoms with Crippen LogP contribution in [-0.2, 0) is 5.41 Å². The van der Waals surface area contributed by atoms with E-state index in [1.54, 1.807) is 44.2 Å².